The van der Waals surface area contributed by atoms with Crippen molar-refractivity contribution in [1.82, 2.24) is 0 Å². The Morgan fingerprint density at radius 2 is 1.88 bits per heavy atom. The van der Waals surface area contributed by atoms with Crippen molar-refractivity contribution in [3.05, 3.63) is 64.2 Å². The van der Waals surface area contributed by atoms with Gasteiger partial charge in [-0.25, -0.2) is 0 Å². The van der Waals surface area contributed by atoms with Crippen molar-refractivity contribution in [2.24, 2.45) is 0 Å². The Morgan fingerprint density at radius 3 is 2.54 bits per heavy atom. The predicted molar refractivity (Wildman–Crippen MR) is 95.4 cm³/mol. The molecule has 0 unspecified atom stereocenters. The van der Waals surface area contributed by atoms with E-state index < -0.39 is 0 Å². The molecular weight excluding hydrogens is 304 g/mol. The molecule has 0 aliphatic carbocycles. The first-order valence-electron chi connectivity index (χ1n) is 8.31. The maximum Gasteiger partial charge on any atom is 0.292 e. The Bertz CT molecular complexity index is 699. The average molecular weight is 327 g/mol. The van der Waals surface area contributed by atoms with E-state index in [1.54, 1.807) is 6.07 Å². The smallest absolute Gasteiger partial charge is 0.292 e. The minimum Gasteiger partial charge on any atom is -0.373 e. The van der Waals surface area contributed by atoms with Crippen molar-refractivity contribution in [3.8, 4) is 0 Å². The van der Waals surface area contributed by atoms with Gasteiger partial charge in [0, 0.05) is 17.8 Å². The summed E-state index contributed by atoms with van der Waals surface area (Å²) in [4.78, 5) is 13.3. The van der Waals surface area contributed by atoms with Crippen LogP contribution in [0.15, 0.2) is 48.5 Å². The fraction of sp³-hybridized carbons (Fsp3) is 0.333. The van der Waals surface area contributed by atoms with Crippen molar-refractivity contribution in [1.29, 1.82) is 0 Å². The van der Waals surface area contributed by atoms with E-state index >= 15 is 0 Å². The molecule has 0 saturated carbocycles. The van der Waals surface area contributed by atoms with E-state index in [-0.39, 0.29) is 16.7 Å². The van der Waals surface area contributed by atoms with Crippen LogP contribution in [0.25, 0.3) is 0 Å². The van der Waals surface area contributed by atoms with Gasteiger partial charge < -0.3 is 15.5 Å². The van der Waals surface area contributed by atoms with Crippen LogP contribution in [-0.4, -0.2) is 31.1 Å². The van der Waals surface area contributed by atoms with Crippen LogP contribution in [0.4, 0.5) is 17.1 Å². The topological polar surface area (TPSA) is 75.0 Å². The van der Waals surface area contributed by atoms with Crippen LogP contribution >= 0.6 is 0 Å². The molecule has 1 heterocycles. The number of benzene rings is 2. The van der Waals surface area contributed by atoms with Gasteiger partial charge in [0.1, 0.15) is 5.69 Å². The van der Waals surface area contributed by atoms with Gasteiger partial charge in [0.25, 0.3) is 5.69 Å². The number of nitrogens with two attached hydrogens (primary N) is 1. The minimum atomic E-state index is -0.326. The molecule has 6 nitrogen and oxygen atoms in total. The van der Waals surface area contributed by atoms with E-state index in [1.165, 1.54) is 0 Å². The maximum absolute atomic E-state index is 11.4. The van der Waals surface area contributed by atoms with Crippen LogP contribution in [0.5, 0.6) is 0 Å². The largest absolute Gasteiger partial charge is 0.373 e. The molecule has 1 fully saturated rings. The predicted octanol–water partition coefficient (Wildman–Crippen LogP) is 2.15. The van der Waals surface area contributed by atoms with Crippen LogP contribution in [0.2, 0.25) is 0 Å². The van der Waals surface area contributed by atoms with Gasteiger partial charge in [-0.2, -0.15) is 0 Å². The molecule has 0 bridgehead atoms. The lowest BCUT2D eigenvalue weighted by Gasteiger charge is -2.28. The molecule has 1 aliphatic rings. The molecule has 0 spiro atoms. The number of nitrogens with one attached hydrogen (secondary N) is 1. The number of hydrogen-bond donors (Lipinski definition) is 2. The summed E-state index contributed by atoms with van der Waals surface area (Å²) in [6, 6.07) is 15.3. The van der Waals surface area contributed by atoms with E-state index in [0.717, 1.165) is 37.4 Å². The van der Waals surface area contributed by atoms with Gasteiger partial charge in [-0.1, -0.05) is 30.3 Å². The minimum absolute atomic E-state index is 0.00478. The van der Waals surface area contributed by atoms with Gasteiger partial charge in [-0.3, -0.25) is 10.1 Å². The molecule has 3 rings (SSSR count). The summed E-state index contributed by atoms with van der Waals surface area (Å²) in [6.07, 6.45) is 0. The molecule has 0 radical (unpaired) electrons. The van der Waals surface area contributed by atoms with Crippen molar-refractivity contribution >= 4 is 17.1 Å². The second kappa shape index (κ2) is 7.31. The first-order chi connectivity index (χ1) is 11.6. The first kappa shape index (κ1) is 16.3. The van der Waals surface area contributed by atoms with Crippen LogP contribution in [0.3, 0.4) is 0 Å². The maximum atomic E-state index is 11.4. The van der Waals surface area contributed by atoms with Gasteiger partial charge in [0.05, 0.1) is 31.1 Å². The molecular formula is C18H23N4O2+. The number of nitro benzene ring substituents is 1. The van der Waals surface area contributed by atoms with Crippen LogP contribution in [0, 0.1) is 10.1 Å². The number of anilines is 2. The summed E-state index contributed by atoms with van der Waals surface area (Å²) in [6.45, 7) is 6.05. The van der Waals surface area contributed by atoms with Crippen molar-refractivity contribution < 1.29 is 10.2 Å². The van der Waals surface area contributed by atoms with E-state index in [1.807, 2.05) is 49.4 Å². The molecule has 1 aliphatic heterocycles. The number of hydrogen-bond acceptors (Lipinski definition) is 4. The lowest BCUT2D eigenvalue weighted by molar-refractivity contribution is -0.655. The number of nitrogens with zero attached hydrogens (tertiary/aromatic N) is 2. The third-order valence-corrected chi connectivity index (χ3v) is 4.42. The standard InChI is InChI=1S/C18H22N4O2/c1-14(15-5-3-2-4-6-15)20-17-13-16(7-8-18(17)22(23)24)21-11-9-19-10-12-21/h2-8,13-14,19-20H,9-12H2,1H3/p+1/t14-/m0/s1. The second-order valence-corrected chi connectivity index (χ2v) is 6.09. The molecule has 2 aromatic rings. The number of quaternary nitrogens is 1. The van der Waals surface area contributed by atoms with E-state index in [0.29, 0.717) is 5.69 Å². The second-order valence-electron chi connectivity index (χ2n) is 6.09. The summed E-state index contributed by atoms with van der Waals surface area (Å²) in [7, 11) is 0. The highest BCUT2D eigenvalue weighted by Crippen LogP contribution is 2.32. The third-order valence-electron chi connectivity index (χ3n) is 4.42. The molecule has 1 saturated heterocycles. The van der Waals surface area contributed by atoms with E-state index in [2.05, 4.69) is 15.5 Å². The molecule has 0 amide bonds. The Balaban J connectivity index is 1.87. The fourth-order valence-electron chi connectivity index (χ4n) is 3.06. The summed E-state index contributed by atoms with van der Waals surface area (Å²) in [5.41, 5.74) is 2.83. The summed E-state index contributed by atoms with van der Waals surface area (Å²) in [5.74, 6) is 0. The SMILES string of the molecule is C[C@H](Nc1cc(N2CC[NH2+]CC2)ccc1[N+](=O)[O-])c1ccccc1. The molecule has 2 aromatic carbocycles. The van der Waals surface area contributed by atoms with E-state index in [4.69, 9.17) is 0 Å². The highest BCUT2D eigenvalue weighted by Gasteiger charge is 2.20. The van der Waals surface area contributed by atoms with Gasteiger partial charge >= 0.3 is 0 Å². The van der Waals surface area contributed by atoms with Gasteiger partial charge in [-0.05, 0) is 24.6 Å². The molecule has 0 aromatic heterocycles. The quantitative estimate of drug-likeness (QED) is 0.652. The van der Waals surface area contributed by atoms with Gasteiger partial charge in [0.15, 0.2) is 0 Å². The monoisotopic (exact) mass is 327 g/mol. The van der Waals surface area contributed by atoms with Crippen molar-refractivity contribution in [3.63, 3.8) is 0 Å². The number of nitro groups is 1. The molecule has 6 heteroatoms. The third kappa shape index (κ3) is 3.65. The number of piperazine rings is 1. The van der Waals surface area contributed by atoms with Crippen LogP contribution in [-0.2, 0) is 0 Å². The molecule has 24 heavy (non-hydrogen) atoms. The van der Waals surface area contributed by atoms with Crippen LogP contribution < -0.4 is 15.5 Å². The Labute approximate surface area is 141 Å². The van der Waals surface area contributed by atoms with Crippen LogP contribution in [0.1, 0.15) is 18.5 Å². The van der Waals surface area contributed by atoms with E-state index in [9.17, 15) is 10.1 Å². The fourth-order valence-corrected chi connectivity index (χ4v) is 3.06. The Hall–Kier alpha value is -2.60. The zero-order chi connectivity index (χ0) is 16.9. The molecule has 126 valence electrons. The molecule has 1 atom stereocenters. The molecule has 3 N–H and O–H groups in total. The van der Waals surface area contributed by atoms with Crippen molar-refractivity contribution in [2.45, 2.75) is 13.0 Å². The lowest BCUT2D eigenvalue weighted by Crippen LogP contribution is -2.89. The summed E-state index contributed by atoms with van der Waals surface area (Å²) < 4.78 is 0. The lowest BCUT2D eigenvalue weighted by atomic mass is 10.1. The van der Waals surface area contributed by atoms with Gasteiger partial charge in [0.2, 0.25) is 0 Å². The highest BCUT2D eigenvalue weighted by molar-refractivity contribution is 5.69. The Morgan fingerprint density at radius 1 is 1.17 bits per heavy atom. The highest BCUT2D eigenvalue weighted by atomic mass is 16.6. The average Bonchev–Trinajstić information content (AvgIpc) is 2.63. The zero-order valence-electron chi connectivity index (χ0n) is 13.8. The number of rotatable bonds is 5. The summed E-state index contributed by atoms with van der Waals surface area (Å²) >= 11 is 0. The normalized spacial score (nSPS) is 15.8. The zero-order valence-corrected chi connectivity index (χ0v) is 13.8. The summed E-state index contributed by atoms with van der Waals surface area (Å²) in [5, 5.41) is 17.0. The van der Waals surface area contributed by atoms with Crippen molar-refractivity contribution in [2.75, 3.05) is 36.4 Å². The van der Waals surface area contributed by atoms with Gasteiger partial charge in [-0.15, -0.1) is 0 Å². The Kier molecular flexibility index (Phi) is 4.96. The first-order valence-corrected chi connectivity index (χ1v) is 8.31.